The molecule has 0 heterocycles. The maximum absolute atomic E-state index is 10.6. The molecule has 0 amide bonds. The van der Waals surface area contributed by atoms with Crippen molar-refractivity contribution in [1.82, 2.24) is 0 Å². The van der Waals surface area contributed by atoms with E-state index < -0.39 is 5.60 Å². The molecule has 0 aliphatic heterocycles. The normalized spacial score (nSPS) is 27.1. The number of nitrogens with zero attached hydrogens (tertiary/aromatic N) is 1. The molecule has 0 spiro atoms. The lowest BCUT2D eigenvalue weighted by atomic mass is 9.74. The minimum atomic E-state index is -0.988. The third kappa shape index (κ3) is 1.27. The molecule has 2 rings (SSSR count). The average molecular weight is 201 g/mol. The van der Waals surface area contributed by atoms with Gasteiger partial charge in [-0.25, -0.2) is 0 Å². The van der Waals surface area contributed by atoms with Gasteiger partial charge in [-0.05, 0) is 17.5 Å². The van der Waals surface area contributed by atoms with Crippen LogP contribution >= 0.6 is 0 Å². The van der Waals surface area contributed by atoms with E-state index in [0.29, 0.717) is 0 Å². The summed E-state index contributed by atoms with van der Waals surface area (Å²) in [6, 6.07) is 9.96. The van der Waals surface area contributed by atoms with Gasteiger partial charge in [0.1, 0.15) is 5.60 Å². The molecule has 0 aromatic heterocycles. The van der Waals surface area contributed by atoms with Crippen molar-refractivity contribution in [3.8, 4) is 6.07 Å². The highest BCUT2D eigenvalue weighted by Crippen LogP contribution is 2.51. The van der Waals surface area contributed by atoms with Gasteiger partial charge in [-0.15, -0.1) is 0 Å². The van der Waals surface area contributed by atoms with Crippen molar-refractivity contribution in [3.63, 3.8) is 0 Å². The fourth-order valence-corrected chi connectivity index (χ4v) is 2.51. The fourth-order valence-electron chi connectivity index (χ4n) is 2.51. The second-order valence-electron chi connectivity index (χ2n) is 4.91. The zero-order valence-electron chi connectivity index (χ0n) is 9.12. The summed E-state index contributed by atoms with van der Waals surface area (Å²) in [7, 11) is 0. The molecule has 0 saturated carbocycles. The molecule has 15 heavy (non-hydrogen) atoms. The molecule has 0 radical (unpaired) electrons. The number of hydrogen-bond acceptors (Lipinski definition) is 2. The number of nitriles is 1. The van der Waals surface area contributed by atoms with E-state index in [2.05, 4.69) is 6.07 Å². The lowest BCUT2D eigenvalue weighted by Crippen LogP contribution is -2.38. The first kappa shape index (κ1) is 10.2. The highest BCUT2D eigenvalue weighted by atomic mass is 16.3. The highest BCUT2D eigenvalue weighted by Gasteiger charge is 2.50. The van der Waals surface area contributed by atoms with Crippen molar-refractivity contribution >= 4 is 0 Å². The van der Waals surface area contributed by atoms with Gasteiger partial charge < -0.3 is 5.11 Å². The molecule has 0 bridgehead atoms. The summed E-state index contributed by atoms with van der Waals surface area (Å²) in [4.78, 5) is 0. The van der Waals surface area contributed by atoms with Gasteiger partial charge in [0.2, 0.25) is 0 Å². The molecule has 2 heteroatoms. The Balaban J connectivity index is 2.58. The van der Waals surface area contributed by atoms with Crippen LogP contribution in [0.1, 0.15) is 31.4 Å². The van der Waals surface area contributed by atoms with Gasteiger partial charge >= 0.3 is 0 Å². The predicted molar refractivity (Wildman–Crippen MR) is 58.1 cm³/mol. The summed E-state index contributed by atoms with van der Waals surface area (Å²) in [5.41, 5.74) is 0.849. The van der Waals surface area contributed by atoms with Crippen LogP contribution < -0.4 is 0 Å². The predicted octanol–water partition coefficient (Wildman–Crippen LogP) is 2.37. The maximum Gasteiger partial charge on any atom is 0.108 e. The van der Waals surface area contributed by atoms with E-state index in [4.69, 9.17) is 5.26 Å². The van der Waals surface area contributed by atoms with Crippen molar-refractivity contribution in [2.45, 2.75) is 32.3 Å². The Morgan fingerprint density at radius 2 is 2.07 bits per heavy atom. The fraction of sp³-hybridized carbons (Fsp3) is 0.462. The summed E-state index contributed by atoms with van der Waals surface area (Å²) in [5, 5.41) is 19.5. The van der Waals surface area contributed by atoms with Crippen molar-refractivity contribution in [2.24, 2.45) is 5.41 Å². The van der Waals surface area contributed by atoms with E-state index in [1.54, 1.807) is 0 Å². The summed E-state index contributed by atoms with van der Waals surface area (Å²) in [6.07, 6.45) is 0.998. The smallest absolute Gasteiger partial charge is 0.108 e. The summed E-state index contributed by atoms with van der Waals surface area (Å²) in [6.45, 7) is 4.04. The molecule has 78 valence electrons. The molecular weight excluding hydrogens is 186 g/mol. The van der Waals surface area contributed by atoms with Crippen LogP contribution in [-0.2, 0) is 12.0 Å². The molecule has 0 fully saturated rings. The Kier molecular flexibility index (Phi) is 2.09. The van der Waals surface area contributed by atoms with E-state index in [1.807, 2.05) is 38.1 Å². The van der Waals surface area contributed by atoms with E-state index >= 15 is 0 Å². The summed E-state index contributed by atoms with van der Waals surface area (Å²) in [5.74, 6) is 0. The van der Waals surface area contributed by atoms with Crippen molar-refractivity contribution in [1.29, 1.82) is 5.26 Å². The number of hydrogen-bond donors (Lipinski definition) is 1. The van der Waals surface area contributed by atoms with Gasteiger partial charge in [0.05, 0.1) is 12.5 Å². The number of benzene rings is 1. The van der Waals surface area contributed by atoms with Crippen LogP contribution in [0.2, 0.25) is 0 Å². The molecule has 1 N–H and O–H groups in total. The molecule has 1 aromatic carbocycles. The molecule has 1 aromatic rings. The van der Waals surface area contributed by atoms with Crippen molar-refractivity contribution < 1.29 is 5.11 Å². The largest absolute Gasteiger partial charge is 0.383 e. The lowest BCUT2D eigenvalue weighted by molar-refractivity contribution is -0.0551. The van der Waals surface area contributed by atoms with Crippen LogP contribution in [0.25, 0.3) is 0 Å². The van der Waals surface area contributed by atoms with E-state index in [-0.39, 0.29) is 11.8 Å². The Labute approximate surface area is 90.2 Å². The Morgan fingerprint density at radius 3 is 2.73 bits per heavy atom. The van der Waals surface area contributed by atoms with Crippen LogP contribution in [0.3, 0.4) is 0 Å². The van der Waals surface area contributed by atoms with Crippen molar-refractivity contribution in [3.05, 3.63) is 35.4 Å². The third-order valence-corrected chi connectivity index (χ3v) is 3.55. The minimum Gasteiger partial charge on any atom is -0.383 e. The Bertz CT molecular complexity index is 430. The van der Waals surface area contributed by atoms with Crippen molar-refractivity contribution in [2.75, 3.05) is 0 Å². The molecule has 1 aliphatic rings. The van der Waals surface area contributed by atoms with Crippen LogP contribution in [-0.4, -0.2) is 5.11 Å². The quantitative estimate of drug-likeness (QED) is 0.758. The molecule has 1 aliphatic carbocycles. The standard InChI is InChI=1S/C13H15NO/c1-12(2)9-10-5-3-4-6-11(10)13(12,15)7-8-14/h3-6,15H,7,9H2,1-2H3. The SMILES string of the molecule is CC1(C)Cc2ccccc2C1(O)CC#N. The first-order valence-electron chi connectivity index (χ1n) is 5.19. The average Bonchev–Trinajstić information content (AvgIpc) is 2.36. The number of fused-ring (bicyclic) bond motifs is 1. The first-order chi connectivity index (χ1) is 7.01. The molecule has 1 unspecified atom stereocenters. The number of rotatable bonds is 1. The van der Waals surface area contributed by atoms with Crippen LogP contribution in [0.15, 0.2) is 24.3 Å². The van der Waals surface area contributed by atoms with Crippen LogP contribution in [0.4, 0.5) is 0 Å². The van der Waals surface area contributed by atoms with Gasteiger partial charge in [-0.2, -0.15) is 5.26 Å². The Morgan fingerprint density at radius 1 is 1.40 bits per heavy atom. The molecule has 1 atom stereocenters. The zero-order valence-corrected chi connectivity index (χ0v) is 9.12. The number of aliphatic hydroxyl groups is 1. The van der Waals surface area contributed by atoms with Gasteiger partial charge in [0, 0.05) is 5.41 Å². The molecular formula is C13H15NO. The third-order valence-electron chi connectivity index (χ3n) is 3.55. The molecule has 0 saturated heterocycles. The summed E-state index contributed by atoms with van der Waals surface area (Å²) < 4.78 is 0. The lowest BCUT2D eigenvalue weighted by Gasteiger charge is -2.35. The zero-order chi connectivity index (χ0) is 11.1. The van der Waals surface area contributed by atoms with Gasteiger partial charge in [-0.1, -0.05) is 38.1 Å². The van der Waals surface area contributed by atoms with Gasteiger partial charge in [0.25, 0.3) is 0 Å². The summed E-state index contributed by atoms with van der Waals surface area (Å²) >= 11 is 0. The van der Waals surface area contributed by atoms with E-state index in [1.165, 1.54) is 5.56 Å². The second-order valence-corrected chi connectivity index (χ2v) is 4.91. The second kappa shape index (κ2) is 3.08. The van der Waals surface area contributed by atoms with E-state index in [9.17, 15) is 5.11 Å². The minimum absolute atomic E-state index is 0.164. The van der Waals surface area contributed by atoms with Crippen LogP contribution in [0, 0.1) is 16.7 Å². The highest BCUT2D eigenvalue weighted by molar-refractivity contribution is 5.41. The van der Waals surface area contributed by atoms with E-state index in [0.717, 1.165) is 12.0 Å². The van der Waals surface area contributed by atoms with Gasteiger partial charge in [-0.3, -0.25) is 0 Å². The Hall–Kier alpha value is -1.33. The van der Waals surface area contributed by atoms with Crippen LogP contribution in [0.5, 0.6) is 0 Å². The first-order valence-corrected chi connectivity index (χ1v) is 5.19. The van der Waals surface area contributed by atoms with Gasteiger partial charge in [0.15, 0.2) is 0 Å². The maximum atomic E-state index is 10.6. The monoisotopic (exact) mass is 201 g/mol. The topological polar surface area (TPSA) is 44.0 Å². The molecule has 2 nitrogen and oxygen atoms in total.